The lowest BCUT2D eigenvalue weighted by molar-refractivity contribution is 0.320. The molecule has 0 spiro atoms. The Labute approximate surface area is 149 Å². The minimum absolute atomic E-state index is 0.581. The van der Waals surface area contributed by atoms with Gasteiger partial charge in [-0.25, -0.2) is 4.98 Å². The Morgan fingerprint density at radius 1 is 1.00 bits per heavy atom. The number of nitrogens with zero attached hydrogens (tertiary/aromatic N) is 3. The largest absolute Gasteiger partial charge is 0.309 e. The molecule has 1 aromatic heterocycles. The molecule has 4 rings (SSSR count). The van der Waals surface area contributed by atoms with Gasteiger partial charge in [-0.2, -0.15) is 0 Å². The molecule has 2 heterocycles. The summed E-state index contributed by atoms with van der Waals surface area (Å²) in [5.41, 5.74) is 3.87. The van der Waals surface area contributed by atoms with Gasteiger partial charge in [-0.05, 0) is 29.7 Å². The van der Waals surface area contributed by atoms with Gasteiger partial charge in [0.05, 0.1) is 6.33 Å². The highest BCUT2D eigenvalue weighted by Gasteiger charge is 2.21. The topological polar surface area (TPSA) is 33.1 Å². The molecule has 1 saturated heterocycles. The number of likely N-dealkylation sites (tertiary alicyclic amines) is 1. The Balaban J connectivity index is 1.26. The first kappa shape index (κ1) is 16.1. The van der Waals surface area contributed by atoms with Crippen molar-refractivity contribution in [1.29, 1.82) is 0 Å². The number of imidazole rings is 1. The smallest absolute Gasteiger partial charge is 0.0991 e. The minimum Gasteiger partial charge on any atom is -0.309 e. The fourth-order valence-electron chi connectivity index (χ4n) is 3.44. The molecule has 0 unspecified atom stereocenters. The van der Waals surface area contributed by atoms with Crippen LogP contribution in [0.25, 0.3) is 5.69 Å². The standard InChI is InChI=1S/C21H24N4/c1-2-4-19(5-3-1)15-24-12-10-20(16-24)23-14-18-6-8-21(9-7-18)25-13-11-22-17-25/h1-9,11,13,17,20,23H,10,12,14-16H2/t20-/m1/s1. The average Bonchev–Trinajstić information content (AvgIpc) is 3.33. The van der Waals surface area contributed by atoms with Gasteiger partial charge in [0, 0.05) is 50.3 Å². The second-order valence-corrected chi connectivity index (χ2v) is 6.72. The van der Waals surface area contributed by atoms with Gasteiger partial charge in [0.1, 0.15) is 0 Å². The maximum atomic E-state index is 4.09. The van der Waals surface area contributed by atoms with Crippen molar-refractivity contribution in [3.8, 4) is 5.69 Å². The Hall–Kier alpha value is -2.43. The Kier molecular flexibility index (Phi) is 4.91. The van der Waals surface area contributed by atoms with E-state index in [-0.39, 0.29) is 0 Å². The van der Waals surface area contributed by atoms with Crippen molar-refractivity contribution >= 4 is 0 Å². The number of benzene rings is 2. The molecular formula is C21H24N4. The molecular weight excluding hydrogens is 308 g/mol. The summed E-state index contributed by atoms with van der Waals surface area (Å²) >= 11 is 0. The molecule has 1 atom stereocenters. The van der Waals surface area contributed by atoms with E-state index in [1.54, 1.807) is 6.20 Å². The van der Waals surface area contributed by atoms with Crippen molar-refractivity contribution in [3.05, 3.63) is 84.4 Å². The van der Waals surface area contributed by atoms with Crippen LogP contribution in [0.3, 0.4) is 0 Å². The van der Waals surface area contributed by atoms with Crippen LogP contribution in [0.15, 0.2) is 73.3 Å². The van der Waals surface area contributed by atoms with Crippen molar-refractivity contribution in [3.63, 3.8) is 0 Å². The lowest BCUT2D eigenvalue weighted by atomic mass is 10.2. The zero-order valence-corrected chi connectivity index (χ0v) is 14.4. The van der Waals surface area contributed by atoms with Gasteiger partial charge in [-0.15, -0.1) is 0 Å². The third-order valence-corrected chi connectivity index (χ3v) is 4.86. The molecule has 0 aliphatic carbocycles. The zero-order valence-electron chi connectivity index (χ0n) is 14.4. The molecule has 1 N–H and O–H groups in total. The van der Waals surface area contributed by atoms with Gasteiger partial charge in [-0.1, -0.05) is 42.5 Å². The third-order valence-electron chi connectivity index (χ3n) is 4.86. The van der Waals surface area contributed by atoms with Gasteiger partial charge in [-0.3, -0.25) is 4.90 Å². The molecule has 128 valence electrons. The molecule has 25 heavy (non-hydrogen) atoms. The molecule has 4 nitrogen and oxygen atoms in total. The first-order chi connectivity index (χ1) is 12.4. The minimum atomic E-state index is 0.581. The predicted octanol–water partition coefficient (Wildman–Crippen LogP) is 3.24. The number of rotatable bonds is 6. The van der Waals surface area contributed by atoms with E-state index in [2.05, 4.69) is 69.8 Å². The highest BCUT2D eigenvalue weighted by Crippen LogP contribution is 2.15. The Morgan fingerprint density at radius 3 is 2.60 bits per heavy atom. The first-order valence-corrected chi connectivity index (χ1v) is 8.94. The zero-order chi connectivity index (χ0) is 16.9. The maximum Gasteiger partial charge on any atom is 0.0991 e. The van der Waals surface area contributed by atoms with E-state index in [9.17, 15) is 0 Å². The van der Waals surface area contributed by atoms with Crippen molar-refractivity contribution in [2.75, 3.05) is 13.1 Å². The van der Waals surface area contributed by atoms with Crippen LogP contribution in [0.2, 0.25) is 0 Å². The lowest BCUT2D eigenvalue weighted by Gasteiger charge is -2.17. The number of hydrogen-bond acceptors (Lipinski definition) is 3. The normalized spacial score (nSPS) is 17.8. The average molecular weight is 332 g/mol. The summed E-state index contributed by atoms with van der Waals surface area (Å²) in [6.45, 7) is 4.28. The molecule has 0 bridgehead atoms. The summed E-state index contributed by atoms with van der Waals surface area (Å²) in [5.74, 6) is 0. The highest BCUT2D eigenvalue weighted by molar-refractivity contribution is 5.34. The summed E-state index contributed by atoms with van der Waals surface area (Å²) in [7, 11) is 0. The Bertz CT molecular complexity index is 765. The number of hydrogen-bond donors (Lipinski definition) is 1. The summed E-state index contributed by atoms with van der Waals surface area (Å²) in [4.78, 5) is 6.63. The third kappa shape index (κ3) is 4.16. The van der Waals surface area contributed by atoms with Crippen LogP contribution < -0.4 is 5.32 Å². The lowest BCUT2D eigenvalue weighted by Crippen LogP contribution is -2.31. The van der Waals surface area contributed by atoms with Crippen molar-refractivity contribution in [1.82, 2.24) is 19.8 Å². The summed E-state index contributed by atoms with van der Waals surface area (Å²) in [6, 6.07) is 20.0. The molecule has 1 aliphatic heterocycles. The molecule has 4 heteroatoms. The summed E-state index contributed by atoms with van der Waals surface area (Å²) < 4.78 is 2.02. The monoisotopic (exact) mass is 332 g/mol. The van der Waals surface area contributed by atoms with Crippen molar-refractivity contribution in [2.24, 2.45) is 0 Å². The first-order valence-electron chi connectivity index (χ1n) is 8.94. The van der Waals surface area contributed by atoms with Gasteiger partial charge in [0.15, 0.2) is 0 Å². The molecule has 2 aromatic carbocycles. The molecule has 0 radical (unpaired) electrons. The van der Waals surface area contributed by atoms with E-state index in [0.717, 1.165) is 25.3 Å². The SMILES string of the molecule is c1ccc(CN2CC[C@@H](NCc3ccc(-n4ccnc4)cc3)C2)cc1. The molecule has 0 amide bonds. The molecule has 1 fully saturated rings. The van der Waals surface area contributed by atoms with Crippen molar-refractivity contribution in [2.45, 2.75) is 25.6 Å². The van der Waals surface area contributed by atoms with Gasteiger partial charge in [0.2, 0.25) is 0 Å². The number of nitrogens with one attached hydrogen (secondary N) is 1. The van der Waals surface area contributed by atoms with Gasteiger partial charge >= 0.3 is 0 Å². The summed E-state index contributed by atoms with van der Waals surface area (Å²) in [6.07, 6.45) is 6.82. The fourth-order valence-corrected chi connectivity index (χ4v) is 3.44. The van der Waals surface area contributed by atoms with Crippen LogP contribution in [0.4, 0.5) is 0 Å². The van der Waals surface area contributed by atoms with Crippen LogP contribution in [0.5, 0.6) is 0 Å². The van der Waals surface area contributed by atoms with E-state index in [1.807, 2.05) is 17.1 Å². The van der Waals surface area contributed by atoms with E-state index < -0.39 is 0 Å². The molecule has 3 aromatic rings. The van der Waals surface area contributed by atoms with Crippen LogP contribution in [-0.4, -0.2) is 33.6 Å². The van der Waals surface area contributed by atoms with Crippen LogP contribution >= 0.6 is 0 Å². The molecule has 1 aliphatic rings. The maximum absolute atomic E-state index is 4.09. The van der Waals surface area contributed by atoms with Gasteiger partial charge < -0.3 is 9.88 Å². The van der Waals surface area contributed by atoms with Crippen molar-refractivity contribution < 1.29 is 0 Å². The summed E-state index contributed by atoms with van der Waals surface area (Å²) in [5, 5.41) is 3.71. The second kappa shape index (κ2) is 7.64. The fraction of sp³-hybridized carbons (Fsp3) is 0.286. The predicted molar refractivity (Wildman–Crippen MR) is 101 cm³/mol. The van der Waals surface area contributed by atoms with E-state index in [0.29, 0.717) is 6.04 Å². The second-order valence-electron chi connectivity index (χ2n) is 6.72. The molecule has 0 saturated carbocycles. The van der Waals surface area contributed by atoms with E-state index in [4.69, 9.17) is 0 Å². The Morgan fingerprint density at radius 2 is 1.84 bits per heavy atom. The van der Waals surface area contributed by atoms with Gasteiger partial charge in [0.25, 0.3) is 0 Å². The van der Waals surface area contributed by atoms with Crippen LogP contribution in [-0.2, 0) is 13.1 Å². The van der Waals surface area contributed by atoms with Crippen LogP contribution in [0, 0.1) is 0 Å². The van der Waals surface area contributed by atoms with Crippen LogP contribution in [0.1, 0.15) is 17.5 Å². The number of aromatic nitrogens is 2. The highest BCUT2D eigenvalue weighted by atomic mass is 15.2. The van der Waals surface area contributed by atoms with E-state index >= 15 is 0 Å². The van der Waals surface area contributed by atoms with E-state index in [1.165, 1.54) is 24.1 Å². The quantitative estimate of drug-likeness (QED) is 0.752.